The van der Waals surface area contributed by atoms with Gasteiger partial charge in [0, 0.05) is 16.1 Å². The van der Waals surface area contributed by atoms with Crippen LogP contribution in [0.3, 0.4) is 0 Å². The standard InChI is InChI=1S/C10H13BrClNO/c1-3-13-6(2)8-4-7(11)5-9(12)10(8)14/h4-6,13-14H,3H2,1-2H3. The van der Waals surface area contributed by atoms with Gasteiger partial charge < -0.3 is 10.4 Å². The van der Waals surface area contributed by atoms with Gasteiger partial charge in [-0.15, -0.1) is 0 Å². The molecule has 0 aliphatic carbocycles. The van der Waals surface area contributed by atoms with Crippen LogP contribution in [-0.4, -0.2) is 11.7 Å². The maximum atomic E-state index is 9.73. The van der Waals surface area contributed by atoms with E-state index in [0.29, 0.717) is 5.02 Å². The zero-order valence-electron chi connectivity index (χ0n) is 8.14. The number of benzene rings is 1. The molecule has 0 aliphatic rings. The highest BCUT2D eigenvalue weighted by atomic mass is 79.9. The fourth-order valence-corrected chi connectivity index (χ4v) is 2.17. The highest BCUT2D eigenvalue weighted by Crippen LogP contribution is 2.34. The van der Waals surface area contributed by atoms with Crippen LogP contribution in [-0.2, 0) is 0 Å². The first-order chi connectivity index (χ1) is 6.56. The van der Waals surface area contributed by atoms with Crippen molar-refractivity contribution >= 4 is 27.5 Å². The Morgan fingerprint density at radius 1 is 1.57 bits per heavy atom. The average Bonchev–Trinajstić information content (AvgIpc) is 2.11. The van der Waals surface area contributed by atoms with Crippen molar-refractivity contribution in [1.29, 1.82) is 0 Å². The van der Waals surface area contributed by atoms with Crippen LogP contribution < -0.4 is 5.32 Å². The predicted octanol–water partition coefficient (Wildman–Crippen LogP) is 3.48. The zero-order chi connectivity index (χ0) is 10.7. The first-order valence-corrected chi connectivity index (χ1v) is 5.64. The molecule has 0 fully saturated rings. The van der Waals surface area contributed by atoms with Crippen LogP contribution >= 0.6 is 27.5 Å². The van der Waals surface area contributed by atoms with Gasteiger partial charge in [0.25, 0.3) is 0 Å². The monoisotopic (exact) mass is 277 g/mol. The largest absolute Gasteiger partial charge is 0.506 e. The summed E-state index contributed by atoms with van der Waals surface area (Å²) in [7, 11) is 0. The Morgan fingerprint density at radius 2 is 2.21 bits per heavy atom. The lowest BCUT2D eigenvalue weighted by Crippen LogP contribution is -2.17. The molecule has 1 aromatic carbocycles. The SMILES string of the molecule is CCNC(C)c1cc(Br)cc(Cl)c1O. The van der Waals surface area contributed by atoms with Crippen molar-refractivity contribution in [3.05, 3.63) is 27.2 Å². The molecule has 0 saturated heterocycles. The molecule has 0 amide bonds. The highest BCUT2D eigenvalue weighted by molar-refractivity contribution is 9.10. The molecule has 0 heterocycles. The molecule has 0 saturated carbocycles. The van der Waals surface area contributed by atoms with Crippen LogP contribution in [0.4, 0.5) is 0 Å². The van der Waals surface area contributed by atoms with Crippen molar-refractivity contribution in [3.63, 3.8) is 0 Å². The van der Waals surface area contributed by atoms with Crippen molar-refractivity contribution in [3.8, 4) is 5.75 Å². The van der Waals surface area contributed by atoms with Crippen LogP contribution in [0.15, 0.2) is 16.6 Å². The van der Waals surface area contributed by atoms with E-state index in [0.717, 1.165) is 16.6 Å². The van der Waals surface area contributed by atoms with Crippen molar-refractivity contribution in [1.82, 2.24) is 5.32 Å². The highest BCUT2D eigenvalue weighted by Gasteiger charge is 2.12. The lowest BCUT2D eigenvalue weighted by molar-refractivity contribution is 0.454. The quantitative estimate of drug-likeness (QED) is 0.887. The number of hydrogen-bond donors (Lipinski definition) is 2. The molecule has 0 aromatic heterocycles. The number of aromatic hydroxyl groups is 1. The fourth-order valence-electron chi connectivity index (χ4n) is 1.33. The van der Waals surface area contributed by atoms with Gasteiger partial charge in [0.1, 0.15) is 5.75 Å². The molecular formula is C10H13BrClNO. The second-order valence-electron chi connectivity index (χ2n) is 3.10. The maximum Gasteiger partial charge on any atom is 0.139 e. The Hall–Kier alpha value is -0.250. The minimum absolute atomic E-state index is 0.0926. The average molecular weight is 279 g/mol. The van der Waals surface area contributed by atoms with Crippen LogP contribution in [0.5, 0.6) is 5.75 Å². The van der Waals surface area contributed by atoms with Gasteiger partial charge >= 0.3 is 0 Å². The molecule has 0 bridgehead atoms. The Labute approximate surface area is 97.4 Å². The summed E-state index contributed by atoms with van der Waals surface area (Å²) in [5.74, 6) is 0.156. The first-order valence-electron chi connectivity index (χ1n) is 4.47. The molecular weight excluding hydrogens is 265 g/mol. The second-order valence-corrected chi connectivity index (χ2v) is 4.43. The summed E-state index contributed by atoms with van der Waals surface area (Å²) in [5.41, 5.74) is 0.811. The molecule has 78 valence electrons. The van der Waals surface area contributed by atoms with E-state index in [2.05, 4.69) is 21.2 Å². The molecule has 2 nitrogen and oxygen atoms in total. The number of halogens is 2. The summed E-state index contributed by atoms with van der Waals surface area (Å²) in [6.45, 7) is 4.86. The molecule has 2 N–H and O–H groups in total. The maximum absolute atomic E-state index is 9.73. The summed E-state index contributed by atoms with van der Waals surface area (Å²) in [6, 6.07) is 3.64. The summed E-state index contributed by atoms with van der Waals surface area (Å²) in [4.78, 5) is 0. The van der Waals surface area contributed by atoms with E-state index < -0.39 is 0 Å². The number of rotatable bonds is 3. The topological polar surface area (TPSA) is 32.3 Å². The van der Waals surface area contributed by atoms with Crippen molar-refractivity contribution < 1.29 is 5.11 Å². The van der Waals surface area contributed by atoms with Gasteiger partial charge in [0.2, 0.25) is 0 Å². The number of phenols is 1. The van der Waals surface area contributed by atoms with Crippen LogP contribution in [0, 0.1) is 0 Å². The molecule has 0 aliphatic heterocycles. The normalized spacial score (nSPS) is 12.9. The molecule has 1 rings (SSSR count). The Balaban J connectivity index is 3.07. The Kier molecular flexibility index (Phi) is 4.23. The number of nitrogens with one attached hydrogen (secondary N) is 1. The zero-order valence-corrected chi connectivity index (χ0v) is 10.5. The third-order valence-electron chi connectivity index (χ3n) is 2.03. The smallest absolute Gasteiger partial charge is 0.139 e. The van der Waals surface area contributed by atoms with E-state index in [1.807, 2.05) is 19.9 Å². The Bertz CT molecular complexity index is 330. The van der Waals surface area contributed by atoms with E-state index in [-0.39, 0.29) is 11.8 Å². The molecule has 1 unspecified atom stereocenters. The summed E-state index contributed by atoms with van der Waals surface area (Å²) >= 11 is 9.20. The summed E-state index contributed by atoms with van der Waals surface area (Å²) < 4.78 is 0.875. The van der Waals surface area contributed by atoms with Crippen molar-refractivity contribution in [2.24, 2.45) is 0 Å². The lowest BCUT2D eigenvalue weighted by Gasteiger charge is -2.15. The van der Waals surface area contributed by atoms with E-state index in [1.165, 1.54) is 0 Å². The van der Waals surface area contributed by atoms with Gasteiger partial charge in [0.15, 0.2) is 0 Å². The van der Waals surface area contributed by atoms with E-state index in [4.69, 9.17) is 11.6 Å². The molecule has 1 aromatic rings. The third kappa shape index (κ3) is 2.62. The Morgan fingerprint density at radius 3 is 2.79 bits per heavy atom. The minimum atomic E-state index is 0.0926. The molecule has 0 radical (unpaired) electrons. The molecule has 14 heavy (non-hydrogen) atoms. The van der Waals surface area contributed by atoms with Gasteiger partial charge in [-0.3, -0.25) is 0 Å². The molecule has 0 spiro atoms. The van der Waals surface area contributed by atoms with E-state index in [1.54, 1.807) is 6.07 Å². The van der Waals surface area contributed by atoms with E-state index in [9.17, 15) is 5.11 Å². The minimum Gasteiger partial charge on any atom is -0.506 e. The predicted molar refractivity (Wildman–Crippen MR) is 62.9 cm³/mol. The van der Waals surface area contributed by atoms with Crippen LogP contribution in [0.25, 0.3) is 0 Å². The van der Waals surface area contributed by atoms with Crippen molar-refractivity contribution in [2.75, 3.05) is 6.54 Å². The molecule has 1 atom stereocenters. The van der Waals surface area contributed by atoms with Crippen LogP contribution in [0.1, 0.15) is 25.5 Å². The van der Waals surface area contributed by atoms with Gasteiger partial charge in [0.05, 0.1) is 5.02 Å². The van der Waals surface area contributed by atoms with Gasteiger partial charge in [-0.05, 0) is 25.6 Å². The fraction of sp³-hybridized carbons (Fsp3) is 0.400. The molecule has 4 heteroatoms. The second kappa shape index (κ2) is 5.01. The van der Waals surface area contributed by atoms with E-state index >= 15 is 0 Å². The van der Waals surface area contributed by atoms with Gasteiger partial charge in [-0.2, -0.15) is 0 Å². The summed E-state index contributed by atoms with van der Waals surface area (Å²) in [5, 5.41) is 13.3. The number of hydrogen-bond acceptors (Lipinski definition) is 2. The van der Waals surface area contributed by atoms with Crippen molar-refractivity contribution in [2.45, 2.75) is 19.9 Å². The van der Waals surface area contributed by atoms with Gasteiger partial charge in [-0.1, -0.05) is 34.5 Å². The third-order valence-corrected chi connectivity index (χ3v) is 2.78. The number of phenolic OH excluding ortho intramolecular Hbond substituents is 1. The van der Waals surface area contributed by atoms with Gasteiger partial charge in [-0.25, -0.2) is 0 Å². The lowest BCUT2D eigenvalue weighted by atomic mass is 10.1. The summed E-state index contributed by atoms with van der Waals surface area (Å²) in [6.07, 6.45) is 0. The van der Waals surface area contributed by atoms with Crippen LogP contribution in [0.2, 0.25) is 5.02 Å². The first kappa shape index (κ1) is 11.8.